The van der Waals surface area contributed by atoms with Crippen LogP contribution in [0.2, 0.25) is 0 Å². The van der Waals surface area contributed by atoms with Gasteiger partial charge in [0.15, 0.2) is 5.16 Å². The number of thioether (sulfide) groups is 1. The van der Waals surface area contributed by atoms with E-state index in [-0.39, 0.29) is 24.1 Å². The largest absolute Gasteiger partial charge is 0.466 e. The number of imidazole rings is 1. The lowest BCUT2D eigenvalue weighted by Crippen LogP contribution is -2.27. The summed E-state index contributed by atoms with van der Waals surface area (Å²) in [4.78, 5) is 28.0. The summed E-state index contributed by atoms with van der Waals surface area (Å²) in [5.74, 6) is -0.932. The highest BCUT2D eigenvalue weighted by Crippen LogP contribution is 2.22. The van der Waals surface area contributed by atoms with Crippen molar-refractivity contribution in [2.75, 3.05) is 19.4 Å². The molecular formula is C17H20FN3O3S. The fourth-order valence-corrected chi connectivity index (χ4v) is 2.78. The first-order chi connectivity index (χ1) is 12.1. The Morgan fingerprint density at radius 1 is 1.32 bits per heavy atom. The Balaban J connectivity index is 2.06. The van der Waals surface area contributed by atoms with Crippen LogP contribution in [-0.2, 0) is 9.53 Å². The van der Waals surface area contributed by atoms with Crippen molar-refractivity contribution in [3.63, 3.8) is 0 Å². The second-order valence-corrected chi connectivity index (χ2v) is 5.88. The van der Waals surface area contributed by atoms with E-state index in [1.54, 1.807) is 23.6 Å². The van der Waals surface area contributed by atoms with Crippen LogP contribution in [0.1, 0.15) is 30.3 Å². The maximum Gasteiger partial charge on any atom is 0.305 e. The molecule has 1 aromatic heterocycles. The van der Waals surface area contributed by atoms with E-state index in [0.717, 1.165) is 0 Å². The molecular weight excluding hydrogens is 345 g/mol. The van der Waals surface area contributed by atoms with Gasteiger partial charge in [-0.3, -0.25) is 14.2 Å². The van der Waals surface area contributed by atoms with Gasteiger partial charge in [0, 0.05) is 18.7 Å². The van der Waals surface area contributed by atoms with E-state index >= 15 is 0 Å². The molecule has 0 saturated heterocycles. The molecule has 1 amide bonds. The smallest absolute Gasteiger partial charge is 0.305 e. The van der Waals surface area contributed by atoms with Gasteiger partial charge in [0.25, 0.3) is 5.91 Å². The third kappa shape index (κ3) is 5.06. The van der Waals surface area contributed by atoms with Gasteiger partial charge in [-0.15, -0.1) is 0 Å². The highest BCUT2D eigenvalue weighted by Gasteiger charge is 2.17. The first-order valence-corrected chi connectivity index (χ1v) is 9.10. The molecule has 134 valence electrons. The number of halogens is 1. The number of carbonyl (C=O) groups is 2. The summed E-state index contributed by atoms with van der Waals surface area (Å²) in [6, 6.07) is 5.85. The predicted molar refractivity (Wildman–Crippen MR) is 93.5 cm³/mol. The Bertz CT molecular complexity index is 731. The van der Waals surface area contributed by atoms with Crippen molar-refractivity contribution in [3.05, 3.63) is 42.0 Å². The second-order valence-electron chi connectivity index (χ2n) is 5.11. The molecule has 0 aliphatic rings. The zero-order chi connectivity index (χ0) is 18.2. The molecule has 0 unspecified atom stereocenters. The van der Waals surface area contributed by atoms with Gasteiger partial charge in [-0.2, -0.15) is 0 Å². The molecule has 2 aromatic rings. The van der Waals surface area contributed by atoms with Gasteiger partial charge < -0.3 is 10.1 Å². The molecule has 8 heteroatoms. The van der Waals surface area contributed by atoms with Crippen LogP contribution in [0.3, 0.4) is 0 Å². The molecule has 0 spiro atoms. The van der Waals surface area contributed by atoms with Gasteiger partial charge in [0.05, 0.1) is 12.8 Å². The maximum atomic E-state index is 13.1. The monoisotopic (exact) mass is 365 g/mol. The number of carbonyl (C=O) groups excluding carboxylic acids is 2. The lowest BCUT2D eigenvalue weighted by atomic mass is 10.3. The number of nitrogens with zero attached hydrogens (tertiary/aromatic N) is 2. The van der Waals surface area contributed by atoms with E-state index in [2.05, 4.69) is 10.3 Å². The van der Waals surface area contributed by atoms with Gasteiger partial charge in [0.1, 0.15) is 11.5 Å². The van der Waals surface area contributed by atoms with Crippen LogP contribution in [0.5, 0.6) is 0 Å². The number of esters is 1. The number of rotatable bonds is 8. The van der Waals surface area contributed by atoms with Crippen molar-refractivity contribution in [1.29, 1.82) is 0 Å². The minimum atomic E-state index is -0.348. The van der Waals surface area contributed by atoms with Crippen molar-refractivity contribution in [2.24, 2.45) is 0 Å². The highest BCUT2D eigenvalue weighted by atomic mass is 32.2. The van der Waals surface area contributed by atoms with E-state index in [1.165, 1.54) is 30.1 Å². The van der Waals surface area contributed by atoms with Crippen LogP contribution in [0.25, 0.3) is 5.69 Å². The second kappa shape index (κ2) is 9.22. The molecule has 2 rings (SSSR count). The normalized spacial score (nSPS) is 10.5. The molecule has 0 bridgehead atoms. The molecule has 6 nitrogen and oxygen atoms in total. The van der Waals surface area contributed by atoms with Gasteiger partial charge in [-0.05, 0) is 43.9 Å². The number of ether oxygens (including phenoxy) is 1. The molecule has 0 fully saturated rings. The number of benzene rings is 1. The quantitative estimate of drug-likeness (QED) is 0.442. The molecule has 1 heterocycles. The maximum absolute atomic E-state index is 13.1. The third-order valence-corrected chi connectivity index (χ3v) is 4.03. The molecule has 25 heavy (non-hydrogen) atoms. The van der Waals surface area contributed by atoms with E-state index in [0.29, 0.717) is 36.1 Å². The summed E-state index contributed by atoms with van der Waals surface area (Å²) < 4.78 is 19.7. The Labute approximate surface area is 149 Å². The lowest BCUT2D eigenvalue weighted by molar-refractivity contribution is -0.143. The van der Waals surface area contributed by atoms with E-state index in [9.17, 15) is 14.0 Å². The van der Waals surface area contributed by atoms with Gasteiger partial charge in [-0.1, -0.05) is 11.8 Å². The van der Waals surface area contributed by atoms with Crippen LogP contribution in [0, 0.1) is 5.82 Å². The summed E-state index contributed by atoms with van der Waals surface area (Å²) in [5, 5.41) is 3.39. The zero-order valence-electron chi connectivity index (χ0n) is 14.1. The van der Waals surface area contributed by atoms with Crippen LogP contribution in [0.4, 0.5) is 4.39 Å². The molecule has 0 atom stereocenters. The SMILES string of the molecule is CCOC(=O)CCCNC(=O)c1cnc(SC)n1-c1ccc(F)cc1. The standard InChI is InChI=1S/C17H20FN3O3S/c1-3-24-15(22)5-4-10-19-16(23)14-11-20-17(25-2)21(14)13-8-6-12(18)7-9-13/h6-9,11H,3-5,10H2,1-2H3,(H,19,23). The third-order valence-electron chi connectivity index (χ3n) is 3.38. The number of aromatic nitrogens is 2. The van der Waals surface area contributed by atoms with Crippen molar-refractivity contribution in [2.45, 2.75) is 24.9 Å². The van der Waals surface area contributed by atoms with Crippen LogP contribution in [-0.4, -0.2) is 40.8 Å². The summed E-state index contributed by atoms with van der Waals surface area (Å²) in [5.41, 5.74) is 1.01. The number of hydrogen-bond donors (Lipinski definition) is 1. The average molecular weight is 365 g/mol. The number of nitrogens with one attached hydrogen (secondary N) is 1. The van der Waals surface area contributed by atoms with Gasteiger partial charge in [-0.25, -0.2) is 9.37 Å². The fourth-order valence-electron chi connectivity index (χ4n) is 2.24. The molecule has 0 aliphatic heterocycles. The Kier molecular flexibility index (Phi) is 7.00. The summed E-state index contributed by atoms with van der Waals surface area (Å²) in [6.07, 6.45) is 4.07. The van der Waals surface area contributed by atoms with Crippen LogP contribution >= 0.6 is 11.8 Å². The lowest BCUT2D eigenvalue weighted by Gasteiger charge is -2.11. The molecule has 1 N–H and O–H groups in total. The number of hydrogen-bond acceptors (Lipinski definition) is 5. The molecule has 0 aliphatic carbocycles. The minimum absolute atomic E-state index is 0.251. The van der Waals surface area contributed by atoms with Crippen molar-refractivity contribution in [1.82, 2.24) is 14.9 Å². The minimum Gasteiger partial charge on any atom is -0.466 e. The van der Waals surface area contributed by atoms with Crippen molar-refractivity contribution >= 4 is 23.6 Å². The Morgan fingerprint density at radius 2 is 2.04 bits per heavy atom. The van der Waals surface area contributed by atoms with E-state index < -0.39 is 0 Å². The van der Waals surface area contributed by atoms with Crippen LogP contribution < -0.4 is 5.32 Å². The topological polar surface area (TPSA) is 73.2 Å². The molecule has 1 aromatic carbocycles. The average Bonchev–Trinajstić information content (AvgIpc) is 3.03. The van der Waals surface area contributed by atoms with Gasteiger partial charge >= 0.3 is 5.97 Å². The zero-order valence-corrected chi connectivity index (χ0v) is 14.9. The van der Waals surface area contributed by atoms with Crippen molar-refractivity contribution in [3.8, 4) is 5.69 Å². The summed E-state index contributed by atoms with van der Waals surface area (Å²) in [6.45, 7) is 2.44. The highest BCUT2D eigenvalue weighted by molar-refractivity contribution is 7.98. The number of amides is 1. The summed E-state index contributed by atoms with van der Waals surface area (Å²) in [7, 11) is 0. The molecule has 0 radical (unpaired) electrons. The van der Waals surface area contributed by atoms with E-state index in [4.69, 9.17) is 4.74 Å². The Morgan fingerprint density at radius 3 is 2.68 bits per heavy atom. The first kappa shape index (κ1) is 19.0. The predicted octanol–water partition coefficient (Wildman–Crippen LogP) is 2.81. The molecule has 0 saturated carbocycles. The van der Waals surface area contributed by atoms with E-state index in [1.807, 2.05) is 6.26 Å². The summed E-state index contributed by atoms with van der Waals surface area (Å²) >= 11 is 1.39. The van der Waals surface area contributed by atoms with Gasteiger partial charge in [0.2, 0.25) is 0 Å². The van der Waals surface area contributed by atoms with Crippen molar-refractivity contribution < 1.29 is 18.7 Å². The first-order valence-electron chi connectivity index (χ1n) is 7.88. The Hall–Kier alpha value is -2.35. The van der Waals surface area contributed by atoms with Crippen LogP contribution in [0.15, 0.2) is 35.6 Å². The fraction of sp³-hybridized carbons (Fsp3) is 0.353.